The molecule has 2 amide bonds. The van der Waals surface area contributed by atoms with Crippen LogP contribution in [0.4, 0.5) is 4.79 Å². The van der Waals surface area contributed by atoms with Gasteiger partial charge in [0.05, 0.1) is 0 Å². The van der Waals surface area contributed by atoms with Crippen molar-refractivity contribution in [1.82, 2.24) is 10.6 Å². The molecular formula is C15H26N2O4. The summed E-state index contributed by atoms with van der Waals surface area (Å²) in [4.78, 5) is 23.8. The lowest BCUT2D eigenvalue weighted by atomic mass is 9.73. The Morgan fingerprint density at radius 1 is 1.14 bits per heavy atom. The second kappa shape index (κ2) is 6.22. The summed E-state index contributed by atoms with van der Waals surface area (Å²) in [5.74, 6) is -0.983. The fourth-order valence-corrected chi connectivity index (χ4v) is 3.29. The van der Waals surface area contributed by atoms with Gasteiger partial charge in [0.2, 0.25) is 0 Å². The molecule has 0 spiro atoms. The number of rotatable bonds is 3. The van der Waals surface area contributed by atoms with Crippen LogP contribution in [0.3, 0.4) is 0 Å². The van der Waals surface area contributed by atoms with E-state index in [1.165, 1.54) is 6.42 Å². The van der Waals surface area contributed by atoms with Gasteiger partial charge < -0.3 is 20.5 Å². The number of carbonyl (C=O) groups excluding carboxylic acids is 1. The van der Waals surface area contributed by atoms with Gasteiger partial charge in [0.15, 0.2) is 0 Å². The summed E-state index contributed by atoms with van der Waals surface area (Å²) in [6, 6.07) is -0.281. The van der Waals surface area contributed by atoms with Crippen LogP contribution in [0.1, 0.15) is 52.4 Å². The van der Waals surface area contributed by atoms with E-state index in [9.17, 15) is 14.7 Å². The van der Waals surface area contributed by atoms with Crippen LogP contribution in [0.15, 0.2) is 0 Å². The Balaban J connectivity index is 1.98. The first-order valence-corrected chi connectivity index (χ1v) is 7.76. The first-order chi connectivity index (χ1) is 9.86. The van der Waals surface area contributed by atoms with Crippen molar-refractivity contribution in [2.24, 2.45) is 5.41 Å². The number of carboxylic acids is 1. The van der Waals surface area contributed by atoms with Gasteiger partial charge in [0.25, 0.3) is 0 Å². The van der Waals surface area contributed by atoms with Gasteiger partial charge in [-0.2, -0.15) is 0 Å². The Hall–Kier alpha value is -1.30. The normalized spacial score (nSPS) is 27.6. The molecule has 0 aromatic rings. The molecule has 0 bridgehead atoms. The fourth-order valence-electron chi connectivity index (χ4n) is 3.29. The second-order valence-corrected chi connectivity index (χ2v) is 6.89. The van der Waals surface area contributed by atoms with Crippen molar-refractivity contribution in [3.05, 3.63) is 0 Å². The third kappa shape index (κ3) is 3.67. The van der Waals surface area contributed by atoms with Crippen molar-refractivity contribution in [2.75, 3.05) is 13.2 Å². The topological polar surface area (TPSA) is 87.7 Å². The first kappa shape index (κ1) is 16.1. The molecule has 1 atom stereocenters. The van der Waals surface area contributed by atoms with E-state index in [1.54, 1.807) is 0 Å². The fraction of sp³-hybridized carbons (Fsp3) is 0.867. The van der Waals surface area contributed by atoms with Crippen molar-refractivity contribution < 1.29 is 19.4 Å². The standard InChI is InChI=1S/C15H26N2O4/c1-14(2)6-4-3-5-11(14)16-13(20)17-15(12(18)19)7-9-21-10-8-15/h11H,3-10H2,1-2H3,(H,18,19)(H2,16,17,20). The molecule has 6 nitrogen and oxygen atoms in total. The number of nitrogens with one attached hydrogen (secondary N) is 2. The molecule has 2 fully saturated rings. The smallest absolute Gasteiger partial charge is 0.329 e. The highest BCUT2D eigenvalue weighted by Crippen LogP contribution is 2.35. The third-order valence-corrected chi connectivity index (χ3v) is 4.92. The van der Waals surface area contributed by atoms with Crippen LogP contribution >= 0.6 is 0 Å². The number of aliphatic carboxylic acids is 1. The quantitative estimate of drug-likeness (QED) is 0.742. The minimum absolute atomic E-state index is 0.0572. The van der Waals surface area contributed by atoms with Gasteiger partial charge in [-0.3, -0.25) is 0 Å². The average Bonchev–Trinajstić information content (AvgIpc) is 2.42. The molecule has 1 unspecified atom stereocenters. The van der Waals surface area contributed by atoms with Crippen molar-refractivity contribution in [3.8, 4) is 0 Å². The largest absolute Gasteiger partial charge is 0.480 e. The highest BCUT2D eigenvalue weighted by atomic mass is 16.5. The molecule has 1 aliphatic heterocycles. The molecule has 0 aromatic heterocycles. The highest BCUT2D eigenvalue weighted by Gasteiger charge is 2.42. The lowest BCUT2D eigenvalue weighted by molar-refractivity contribution is -0.148. The van der Waals surface area contributed by atoms with Gasteiger partial charge in [-0.1, -0.05) is 26.7 Å². The maximum Gasteiger partial charge on any atom is 0.329 e. The molecule has 1 saturated heterocycles. The minimum Gasteiger partial charge on any atom is -0.480 e. The Morgan fingerprint density at radius 3 is 2.38 bits per heavy atom. The number of hydrogen-bond donors (Lipinski definition) is 3. The monoisotopic (exact) mass is 298 g/mol. The number of amides is 2. The van der Waals surface area contributed by atoms with Gasteiger partial charge in [0.1, 0.15) is 5.54 Å². The molecule has 3 N–H and O–H groups in total. The summed E-state index contributed by atoms with van der Waals surface area (Å²) in [6.07, 6.45) is 4.93. The van der Waals surface area contributed by atoms with E-state index in [-0.39, 0.29) is 17.5 Å². The van der Waals surface area contributed by atoms with Crippen LogP contribution in [-0.4, -0.2) is 41.9 Å². The Kier molecular flexibility index (Phi) is 4.76. The zero-order chi connectivity index (χ0) is 15.5. The Morgan fingerprint density at radius 2 is 1.81 bits per heavy atom. The number of urea groups is 1. The van der Waals surface area contributed by atoms with E-state index in [0.717, 1.165) is 19.3 Å². The van der Waals surface area contributed by atoms with Gasteiger partial charge in [-0.25, -0.2) is 9.59 Å². The van der Waals surface area contributed by atoms with E-state index >= 15 is 0 Å². The zero-order valence-electron chi connectivity index (χ0n) is 12.9. The summed E-state index contributed by atoms with van der Waals surface area (Å²) < 4.78 is 5.20. The van der Waals surface area contributed by atoms with Gasteiger partial charge in [0, 0.05) is 32.1 Å². The maximum absolute atomic E-state index is 12.3. The van der Waals surface area contributed by atoms with Crippen LogP contribution in [0.5, 0.6) is 0 Å². The molecule has 21 heavy (non-hydrogen) atoms. The van der Waals surface area contributed by atoms with Crippen molar-refractivity contribution in [3.63, 3.8) is 0 Å². The molecular weight excluding hydrogens is 272 g/mol. The molecule has 1 heterocycles. The number of ether oxygens (including phenoxy) is 1. The average molecular weight is 298 g/mol. The summed E-state index contributed by atoms with van der Waals surface area (Å²) in [6.45, 7) is 5.03. The van der Waals surface area contributed by atoms with E-state index in [4.69, 9.17) is 4.74 Å². The van der Waals surface area contributed by atoms with E-state index in [1.807, 2.05) is 0 Å². The zero-order valence-corrected chi connectivity index (χ0v) is 12.9. The van der Waals surface area contributed by atoms with Crippen molar-refractivity contribution in [2.45, 2.75) is 64.0 Å². The molecule has 1 aliphatic carbocycles. The first-order valence-electron chi connectivity index (χ1n) is 7.76. The minimum atomic E-state index is -1.19. The predicted octanol–water partition coefficient (Wildman–Crippen LogP) is 1.89. The van der Waals surface area contributed by atoms with Crippen molar-refractivity contribution in [1.29, 1.82) is 0 Å². The summed E-state index contributed by atoms with van der Waals surface area (Å²) in [7, 11) is 0. The van der Waals surface area contributed by atoms with Gasteiger partial charge >= 0.3 is 12.0 Å². The second-order valence-electron chi connectivity index (χ2n) is 6.89. The summed E-state index contributed by atoms with van der Waals surface area (Å²) in [5.41, 5.74) is -1.14. The maximum atomic E-state index is 12.3. The molecule has 0 aromatic carbocycles. The van der Waals surface area contributed by atoms with Crippen LogP contribution < -0.4 is 10.6 Å². The number of carboxylic acid groups (broad SMARTS) is 1. The number of hydrogen-bond acceptors (Lipinski definition) is 3. The van der Waals surface area contributed by atoms with Gasteiger partial charge in [-0.15, -0.1) is 0 Å². The highest BCUT2D eigenvalue weighted by molar-refractivity contribution is 5.86. The Bertz CT molecular complexity index is 402. The molecule has 2 aliphatic rings. The van der Waals surface area contributed by atoms with Crippen LogP contribution in [0, 0.1) is 5.41 Å². The van der Waals surface area contributed by atoms with Crippen LogP contribution in [0.2, 0.25) is 0 Å². The van der Waals surface area contributed by atoms with Crippen LogP contribution in [0.25, 0.3) is 0 Å². The SMILES string of the molecule is CC1(C)CCCCC1NC(=O)NC1(C(=O)O)CCOCC1. The lowest BCUT2D eigenvalue weighted by Gasteiger charge is -2.40. The van der Waals surface area contributed by atoms with Crippen molar-refractivity contribution >= 4 is 12.0 Å². The van der Waals surface area contributed by atoms with E-state index in [2.05, 4.69) is 24.5 Å². The molecule has 6 heteroatoms. The third-order valence-electron chi connectivity index (χ3n) is 4.92. The molecule has 1 saturated carbocycles. The summed E-state index contributed by atoms with van der Waals surface area (Å²) in [5, 5.41) is 15.1. The molecule has 2 rings (SSSR count). The van der Waals surface area contributed by atoms with E-state index < -0.39 is 11.5 Å². The molecule has 120 valence electrons. The lowest BCUT2D eigenvalue weighted by Crippen LogP contribution is -2.61. The van der Waals surface area contributed by atoms with Crippen LogP contribution in [-0.2, 0) is 9.53 Å². The van der Waals surface area contributed by atoms with E-state index in [0.29, 0.717) is 26.1 Å². The molecule has 0 radical (unpaired) electrons. The predicted molar refractivity (Wildman–Crippen MR) is 78.1 cm³/mol. The summed E-state index contributed by atoms with van der Waals surface area (Å²) >= 11 is 0. The van der Waals surface area contributed by atoms with Gasteiger partial charge in [-0.05, 0) is 18.3 Å². The number of carbonyl (C=O) groups is 2. The Labute approximate surface area is 125 Å².